The van der Waals surface area contributed by atoms with Crippen molar-refractivity contribution in [3.05, 3.63) is 102 Å². The first-order valence-corrected chi connectivity index (χ1v) is 11.0. The van der Waals surface area contributed by atoms with Gasteiger partial charge in [0.15, 0.2) is 0 Å². The molecule has 0 bridgehead atoms. The van der Waals surface area contributed by atoms with E-state index < -0.39 is 0 Å². The number of ether oxygens (including phenoxy) is 1. The van der Waals surface area contributed by atoms with Gasteiger partial charge in [0.05, 0.1) is 12.3 Å². The first-order valence-electron chi connectivity index (χ1n) is 11.0. The minimum absolute atomic E-state index is 0.263. The highest BCUT2D eigenvalue weighted by Gasteiger charge is 2.39. The monoisotopic (exact) mass is 455 g/mol. The quantitative estimate of drug-likeness (QED) is 0.292. The number of hydrogen-bond donors (Lipinski definition) is 2. The van der Waals surface area contributed by atoms with Crippen molar-refractivity contribution in [3.63, 3.8) is 0 Å². The fourth-order valence-electron chi connectivity index (χ4n) is 4.22. The van der Waals surface area contributed by atoms with E-state index in [1.165, 1.54) is 12.1 Å². The van der Waals surface area contributed by atoms with E-state index in [2.05, 4.69) is 35.6 Å². The summed E-state index contributed by atoms with van der Waals surface area (Å²) in [4.78, 5) is 13.1. The summed E-state index contributed by atoms with van der Waals surface area (Å²) < 4.78 is 19.2. The Bertz CT molecular complexity index is 1270. The summed E-state index contributed by atoms with van der Waals surface area (Å²) in [5.41, 5.74) is 3.70. The Labute approximate surface area is 199 Å². The second kappa shape index (κ2) is 9.75. The number of fused-ring (bicyclic) bond motifs is 1. The molecule has 172 valence electrons. The average molecular weight is 456 g/mol. The van der Waals surface area contributed by atoms with Crippen molar-refractivity contribution in [1.29, 1.82) is 0 Å². The normalized spacial score (nSPS) is 16.3. The van der Waals surface area contributed by atoms with Gasteiger partial charge in [0, 0.05) is 23.2 Å². The molecule has 1 aliphatic rings. The Morgan fingerprint density at radius 1 is 1.18 bits per heavy atom. The van der Waals surface area contributed by atoms with Crippen molar-refractivity contribution < 1.29 is 9.13 Å². The molecule has 3 aromatic rings. The van der Waals surface area contributed by atoms with Gasteiger partial charge in [0.1, 0.15) is 24.0 Å². The van der Waals surface area contributed by atoms with Crippen molar-refractivity contribution in [3.8, 4) is 5.75 Å². The van der Waals surface area contributed by atoms with Crippen LogP contribution in [0.2, 0.25) is 0 Å². The Balaban J connectivity index is 1.75. The van der Waals surface area contributed by atoms with Gasteiger partial charge >= 0.3 is 0 Å². The van der Waals surface area contributed by atoms with Crippen LogP contribution in [0.25, 0.3) is 4.85 Å². The smallest absolute Gasteiger partial charge is 0.229 e. The lowest BCUT2D eigenvalue weighted by molar-refractivity contribution is 0.366. The van der Waals surface area contributed by atoms with Crippen molar-refractivity contribution in [1.82, 2.24) is 9.97 Å². The summed E-state index contributed by atoms with van der Waals surface area (Å²) in [5, 5.41) is 6.59. The summed E-state index contributed by atoms with van der Waals surface area (Å²) in [5.74, 6) is 1.37. The molecule has 0 radical (unpaired) electrons. The van der Waals surface area contributed by atoms with Gasteiger partial charge in [-0.25, -0.2) is 14.2 Å². The molecule has 0 aliphatic heterocycles. The zero-order chi connectivity index (χ0) is 24.1. The fourth-order valence-corrected chi connectivity index (χ4v) is 4.22. The maximum atomic E-state index is 13.6. The topological polar surface area (TPSA) is 63.4 Å². The molecule has 4 rings (SSSR count). The lowest BCUT2D eigenvalue weighted by atomic mass is 9.80. The molecule has 1 aliphatic carbocycles. The van der Waals surface area contributed by atoms with Crippen LogP contribution in [0.4, 0.5) is 27.5 Å². The van der Waals surface area contributed by atoms with Crippen LogP contribution in [0.15, 0.2) is 67.8 Å². The van der Waals surface area contributed by atoms with Crippen LogP contribution in [0.1, 0.15) is 30.2 Å². The summed E-state index contributed by atoms with van der Waals surface area (Å²) in [6.07, 6.45) is 5.06. The summed E-state index contributed by atoms with van der Waals surface area (Å²) in [6.45, 7) is 17.8. The summed E-state index contributed by atoms with van der Waals surface area (Å²) in [6, 6.07) is 11.9. The van der Waals surface area contributed by atoms with Crippen molar-refractivity contribution in [2.24, 2.45) is 0 Å². The molecule has 2 aromatic carbocycles. The Kier molecular flexibility index (Phi) is 6.60. The molecular weight excluding hydrogens is 429 g/mol. The van der Waals surface area contributed by atoms with Crippen molar-refractivity contribution in [2.75, 3.05) is 23.8 Å². The number of rotatable bonds is 9. The van der Waals surface area contributed by atoms with Gasteiger partial charge in [-0.2, -0.15) is 4.98 Å². The molecule has 1 atom stereocenters. The zero-order valence-corrected chi connectivity index (χ0v) is 19.1. The molecule has 34 heavy (non-hydrogen) atoms. The molecule has 0 saturated carbocycles. The number of hydrogen-bond acceptors (Lipinski definition) is 5. The van der Waals surface area contributed by atoms with E-state index >= 15 is 0 Å². The van der Waals surface area contributed by atoms with Crippen LogP contribution in [-0.4, -0.2) is 23.1 Å². The lowest BCUT2D eigenvalue weighted by Gasteiger charge is -2.26. The maximum absolute atomic E-state index is 13.6. The predicted octanol–water partition coefficient (Wildman–Crippen LogP) is 6.32. The first-order chi connectivity index (χ1) is 16.5. The van der Waals surface area contributed by atoms with E-state index in [0.29, 0.717) is 36.2 Å². The maximum Gasteiger partial charge on any atom is 0.229 e. The van der Waals surface area contributed by atoms with E-state index in [0.717, 1.165) is 35.5 Å². The predicted molar refractivity (Wildman–Crippen MR) is 134 cm³/mol. The standard InChI is InChI=1S/C27H26FN5O/c1-5-15-30-25-21-13-14-27(3,18-7-9-19(28)10-8-18)24(21)32-26(33-25)31-20-11-12-22(29-4)23(17-20)34-16-6-2/h5-12,17H,1-2,13-16H2,3H3,(H2,30,31,32,33). The molecule has 1 aromatic heterocycles. The summed E-state index contributed by atoms with van der Waals surface area (Å²) >= 11 is 0. The minimum atomic E-state index is -0.376. The van der Waals surface area contributed by atoms with Crippen LogP contribution in [-0.2, 0) is 11.8 Å². The second-order valence-electron chi connectivity index (χ2n) is 8.25. The van der Waals surface area contributed by atoms with E-state index in [-0.39, 0.29) is 11.2 Å². The zero-order valence-electron chi connectivity index (χ0n) is 19.1. The molecule has 0 fully saturated rings. The van der Waals surface area contributed by atoms with E-state index in [1.54, 1.807) is 30.4 Å². The lowest BCUT2D eigenvalue weighted by Crippen LogP contribution is -2.22. The van der Waals surface area contributed by atoms with Gasteiger partial charge in [-0.1, -0.05) is 36.9 Å². The van der Waals surface area contributed by atoms with Crippen molar-refractivity contribution >= 4 is 23.1 Å². The van der Waals surface area contributed by atoms with Crippen LogP contribution < -0.4 is 15.4 Å². The molecule has 0 amide bonds. The number of aromatic nitrogens is 2. The molecule has 0 saturated heterocycles. The van der Waals surface area contributed by atoms with Crippen LogP contribution in [0.3, 0.4) is 0 Å². The van der Waals surface area contributed by atoms with Gasteiger partial charge in [0.25, 0.3) is 0 Å². The van der Waals surface area contributed by atoms with E-state index in [9.17, 15) is 4.39 Å². The Morgan fingerprint density at radius 2 is 1.97 bits per heavy atom. The van der Waals surface area contributed by atoms with Gasteiger partial charge < -0.3 is 15.4 Å². The number of nitrogens with one attached hydrogen (secondary N) is 2. The van der Waals surface area contributed by atoms with Gasteiger partial charge in [-0.05, 0) is 49.6 Å². The molecule has 7 heteroatoms. The minimum Gasteiger partial charge on any atom is -0.500 e. The van der Waals surface area contributed by atoms with Crippen molar-refractivity contribution in [2.45, 2.75) is 25.2 Å². The first kappa shape index (κ1) is 23.0. The number of nitrogens with zero attached hydrogens (tertiary/aromatic N) is 3. The van der Waals surface area contributed by atoms with Crippen LogP contribution in [0, 0.1) is 12.4 Å². The second-order valence-corrected chi connectivity index (χ2v) is 8.25. The fraction of sp³-hybridized carbons (Fsp3) is 0.222. The third-order valence-electron chi connectivity index (χ3n) is 5.99. The van der Waals surface area contributed by atoms with E-state index in [4.69, 9.17) is 21.3 Å². The van der Waals surface area contributed by atoms with Crippen LogP contribution in [0.5, 0.6) is 5.75 Å². The molecule has 1 unspecified atom stereocenters. The highest BCUT2D eigenvalue weighted by molar-refractivity contribution is 5.68. The Morgan fingerprint density at radius 3 is 2.68 bits per heavy atom. The molecule has 6 nitrogen and oxygen atoms in total. The van der Waals surface area contributed by atoms with Gasteiger partial charge in [-0.3, -0.25) is 0 Å². The highest BCUT2D eigenvalue weighted by atomic mass is 19.1. The molecule has 0 spiro atoms. The molecule has 2 N–H and O–H groups in total. The largest absolute Gasteiger partial charge is 0.500 e. The third-order valence-corrected chi connectivity index (χ3v) is 5.99. The average Bonchev–Trinajstić information content (AvgIpc) is 3.19. The number of halogens is 1. The summed E-state index contributed by atoms with van der Waals surface area (Å²) in [7, 11) is 0. The molecule has 1 heterocycles. The number of anilines is 3. The Hall–Kier alpha value is -4.18. The highest BCUT2D eigenvalue weighted by Crippen LogP contribution is 2.45. The SMILES string of the molecule is [C-]#[N+]c1ccc(Nc2nc(NCC=C)c3c(n2)C(C)(c2ccc(F)cc2)CC3)cc1OCC=C. The van der Waals surface area contributed by atoms with E-state index in [1.807, 2.05) is 12.1 Å². The van der Waals surface area contributed by atoms with Gasteiger partial charge in [-0.15, -0.1) is 6.58 Å². The molecular formula is C27H26FN5O. The third kappa shape index (κ3) is 4.48. The van der Waals surface area contributed by atoms with Crippen LogP contribution >= 0.6 is 0 Å². The number of benzene rings is 2. The van der Waals surface area contributed by atoms with Gasteiger partial charge in [0.2, 0.25) is 11.6 Å².